The van der Waals surface area contributed by atoms with Crippen LogP contribution in [0, 0.1) is 11.3 Å². The van der Waals surface area contributed by atoms with Gasteiger partial charge in [0.05, 0.1) is 10.7 Å². The summed E-state index contributed by atoms with van der Waals surface area (Å²) in [6, 6.07) is 1.38. The van der Waals surface area contributed by atoms with E-state index in [1.54, 1.807) is 4.42 Å². The summed E-state index contributed by atoms with van der Waals surface area (Å²) < 4.78 is 2.56. The number of hydrogen-bond acceptors (Lipinski definition) is 4. The van der Waals surface area contributed by atoms with Crippen LogP contribution in [0.4, 0.5) is 11.4 Å². The van der Waals surface area contributed by atoms with Crippen molar-refractivity contribution in [2.24, 2.45) is 0 Å². The van der Waals surface area contributed by atoms with Gasteiger partial charge in [-0.2, -0.15) is 5.26 Å². The predicted octanol–water partition coefficient (Wildman–Crippen LogP) is 6.74. The molecule has 1 aliphatic heterocycles. The molecular formula is C17H20Cl4IN3O. The molecule has 0 saturated carbocycles. The van der Waals surface area contributed by atoms with Crippen molar-refractivity contribution >= 4 is 84.5 Å². The highest BCUT2D eigenvalue weighted by molar-refractivity contribution is 14.1. The quantitative estimate of drug-likeness (QED) is 0.104. The molecule has 4 nitrogen and oxygen atoms in total. The molecule has 0 N–H and O–H groups in total. The van der Waals surface area contributed by atoms with Gasteiger partial charge in [-0.25, -0.2) is 8.84 Å². The van der Waals surface area contributed by atoms with Gasteiger partial charge in [-0.3, -0.25) is 4.79 Å². The molecule has 1 atom stereocenters. The Balaban J connectivity index is 0.000000597. The number of fused-ring (bicyclic) bond motifs is 1. The average Bonchev–Trinajstić information content (AvgIpc) is 2.84. The number of nitrogens with zero attached hydrogens (tertiary/aromatic N) is 3. The van der Waals surface area contributed by atoms with Gasteiger partial charge in [-0.1, -0.05) is 50.9 Å². The van der Waals surface area contributed by atoms with Gasteiger partial charge in [0, 0.05) is 52.6 Å². The number of halogens is 5. The molecule has 1 heterocycles. The number of anilines is 2. The van der Waals surface area contributed by atoms with Crippen molar-refractivity contribution in [2.45, 2.75) is 58.5 Å². The zero-order valence-corrected chi connectivity index (χ0v) is 20.1. The first-order valence-electron chi connectivity index (χ1n) is 8.22. The fraction of sp³-hybridized carbons (Fsp3) is 0.529. The predicted molar refractivity (Wildman–Crippen MR) is 120 cm³/mol. The molecular weight excluding hydrogens is 531 g/mol. The van der Waals surface area contributed by atoms with E-state index in [0.29, 0.717) is 11.4 Å². The van der Waals surface area contributed by atoms with Crippen LogP contribution < -0.4 is 8.84 Å². The van der Waals surface area contributed by atoms with E-state index < -0.39 is 8.91 Å². The van der Waals surface area contributed by atoms with Gasteiger partial charge in [0.2, 0.25) is 5.12 Å². The zero-order valence-electron chi connectivity index (χ0n) is 15.0. The zero-order chi connectivity index (χ0) is 20.2. The number of carbonyl (C=O) groups is 1. The number of nitriles is 1. The highest BCUT2D eigenvalue weighted by Crippen LogP contribution is 2.57. The van der Waals surface area contributed by atoms with E-state index >= 15 is 0 Å². The molecule has 0 amide bonds. The summed E-state index contributed by atoms with van der Waals surface area (Å²) in [6.45, 7) is 8.30. The summed E-state index contributed by atoms with van der Waals surface area (Å²) in [6.07, 6.45) is 3.20. The van der Waals surface area contributed by atoms with Gasteiger partial charge in [0.25, 0.3) is 3.79 Å². The molecule has 1 unspecified atom stereocenters. The maximum Gasteiger partial charge on any atom is 0.291 e. The van der Waals surface area contributed by atoms with Crippen LogP contribution in [0.3, 0.4) is 0 Å². The van der Waals surface area contributed by atoms with Gasteiger partial charge < -0.3 is 0 Å². The van der Waals surface area contributed by atoms with Gasteiger partial charge >= 0.3 is 0 Å². The van der Waals surface area contributed by atoms with Crippen molar-refractivity contribution in [3.63, 3.8) is 0 Å². The van der Waals surface area contributed by atoms with E-state index in [1.165, 1.54) is 44.2 Å². The third-order valence-corrected chi connectivity index (χ3v) is 6.63. The Morgan fingerprint density at radius 3 is 1.81 bits per heavy atom. The second kappa shape index (κ2) is 9.88. The summed E-state index contributed by atoms with van der Waals surface area (Å²) in [5.74, 6) is 0. The van der Waals surface area contributed by atoms with E-state index in [1.807, 2.05) is 6.92 Å². The molecule has 1 aliphatic rings. The van der Waals surface area contributed by atoms with Crippen LogP contribution in [-0.4, -0.2) is 8.91 Å². The van der Waals surface area contributed by atoms with Crippen molar-refractivity contribution in [1.29, 1.82) is 5.26 Å². The van der Waals surface area contributed by atoms with E-state index in [9.17, 15) is 4.79 Å². The number of benzene rings is 1. The molecule has 0 aromatic heterocycles. The standard InChI is InChI=1S/C15H20Cl4N2.C2INO/c1-5-9-10(6-2)12(16)14-13(11(9)7-3)20(18)15(17,8-4)21(14)19;3-2(5)1-4/h5-8H2,1-4H3;. The molecule has 1 aromatic rings. The lowest BCUT2D eigenvalue weighted by molar-refractivity contribution is -0.105. The lowest BCUT2D eigenvalue weighted by Gasteiger charge is -2.31. The molecule has 0 saturated heterocycles. The largest absolute Gasteiger partial charge is 0.291 e. The smallest absolute Gasteiger partial charge is 0.270 e. The normalized spacial score (nSPS) is 18.2. The van der Waals surface area contributed by atoms with Gasteiger partial charge in [-0.15, -0.1) is 0 Å². The Kier molecular flexibility index (Phi) is 9.09. The topological polar surface area (TPSA) is 47.3 Å². The average molecular weight is 551 g/mol. The van der Waals surface area contributed by atoms with Crippen LogP contribution in [0.25, 0.3) is 0 Å². The van der Waals surface area contributed by atoms with Crippen LogP contribution in [0.15, 0.2) is 0 Å². The molecule has 0 spiro atoms. The van der Waals surface area contributed by atoms with Crippen LogP contribution in [0.5, 0.6) is 0 Å². The van der Waals surface area contributed by atoms with E-state index in [4.69, 9.17) is 52.0 Å². The van der Waals surface area contributed by atoms with Crippen LogP contribution in [-0.2, 0) is 24.1 Å². The van der Waals surface area contributed by atoms with Crippen molar-refractivity contribution < 1.29 is 4.79 Å². The first-order valence-corrected chi connectivity index (χ1v) is 10.7. The Bertz CT molecular complexity index is 738. The summed E-state index contributed by atoms with van der Waals surface area (Å²) in [4.78, 5) is 9.44. The second-order valence-corrected chi connectivity index (χ2v) is 8.17. The van der Waals surface area contributed by atoms with Crippen molar-refractivity contribution in [3.05, 3.63) is 21.7 Å². The van der Waals surface area contributed by atoms with Crippen LogP contribution in [0.1, 0.15) is 50.8 Å². The number of carbonyl (C=O) groups excluding carboxylic acids is 1. The molecule has 0 fully saturated rings. The van der Waals surface area contributed by atoms with Gasteiger partial charge in [0.1, 0.15) is 11.8 Å². The molecule has 9 heteroatoms. The minimum atomic E-state index is -0.990. The fourth-order valence-corrected chi connectivity index (χ4v) is 4.52. The maximum atomic E-state index is 9.44. The number of alkyl halides is 1. The SMILES string of the molecule is CCc1c(Cl)c2c(c(CC)c1CC)N(Cl)C(Cl)(CC)N2Cl.N#CC(=O)I. The lowest BCUT2D eigenvalue weighted by atomic mass is 9.93. The minimum absolute atomic E-state index is 0.470. The maximum absolute atomic E-state index is 9.44. The van der Waals surface area contributed by atoms with Crippen LogP contribution in [0.2, 0.25) is 5.02 Å². The molecule has 2 rings (SSSR count). The van der Waals surface area contributed by atoms with Crippen LogP contribution >= 0.6 is 69.3 Å². The Labute approximate surface area is 188 Å². The molecule has 0 aliphatic carbocycles. The highest BCUT2D eigenvalue weighted by atomic mass is 127. The summed E-state index contributed by atoms with van der Waals surface area (Å²) in [7, 11) is 0. The fourth-order valence-electron chi connectivity index (χ4n) is 3.11. The van der Waals surface area contributed by atoms with Crippen molar-refractivity contribution in [2.75, 3.05) is 8.84 Å². The van der Waals surface area contributed by atoms with E-state index in [0.717, 1.165) is 36.2 Å². The summed E-state index contributed by atoms with van der Waals surface area (Å²) in [5, 5.41) is 7.21. The molecule has 144 valence electrons. The Hall–Kier alpha value is -0.130. The van der Waals surface area contributed by atoms with E-state index in [2.05, 4.69) is 20.8 Å². The van der Waals surface area contributed by atoms with E-state index in [-0.39, 0.29) is 0 Å². The molecule has 26 heavy (non-hydrogen) atoms. The Morgan fingerprint density at radius 1 is 1.04 bits per heavy atom. The third kappa shape index (κ3) is 4.15. The summed E-state index contributed by atoms with van der Waals surface area (Å²) in [5.41, 5.74) is 5.17. The first-order chi connectivity index (χ1) is 12.2. The monoisotopic (exact) mass is 549 g/mol. The molecule has 0 bridgehead atoms. The number of hydrogen-bond donors (Lipinski definition) is 0. The van der Waals surface area contributed by atoms with Gasteiger partial charge in [-0.05, 0) is 36.0 Å². The molecule has 1 aromatic carbocycles. The molecule has 0 radical (unpaired) electrons. The second-order valence-electron chi connectivity index (χ2n) is 5.53. The minimum Gasteiger partial charge on any atom is -0.270 e. The lowest BCUT2D eigenvalue weighted by Crippen LogP contribution is -2.43. The third-order valence-electron chi connectivity index (χ3n) is 4.30. The Morgan fingerprint density at radius 2 is 1.46 bits per heavy atom. The summed E-state index contributed by atoms with van der Waals surface area (Å²) >= 11 is 27.7. The number of rotatable bonds is 4. The highest BCUT2D eigenvalue weighted by Gasteiger charge is 2.49. The van der Waals surface area contributed by atoms with Crippen molar-refractivity contribution in [1.82, 2.24) is 0 Å². The van der Waals surface area contributed by atoms with Crippen molar-refractivity contribution in [3.8, 4) is 6.07 Å². The first kappa shape index (κ1) is 23.9. The van der Waals surface area contributed by atoms with Gasteiger partial charge in [0.15, 0.2) is 0 Å².